The third kappa shape index (κ3) is 11.3. The van der Waals surface area contributed by atoms with Gasteiger partial charge in [-0.2, -0.15) is 9.97 Å². The summed E-state index contributed by atoms with van der Waals surface area (Å²) in [5.74, 6) is 1.03. The number of nitrogens with zero attached hydrogens (tertiary/aromatic N) is 5. The number of carboxylic acids is 2. The van der Waals surface area contributed by atoms with Crippen LogP contribution in [0.5, 0.6) is 11.5 Å². The van der Waals surface area contributed by atoms with E-state index in [2.05, 4.69) is 30.5 Å². The van der Waals surface area contributed by atoms with Gasteiger partial charge in [0, 0.05) is 52.8 Å². The third-order valence-electron chi connectivity index (χ3n) is 11.1. The molecule has 2 aliphatic rings. The normalized spacial score (nSPS) is 18.2. The topological polar surface area (TPSA) is 186 Å². The maximum atomic E-state index is 11.2. The van der Waals surface area contributed by atoms with Gasteiger partial charge in [0.2, 0.25) is 11.6 Å². The second-order valence-electron chi connectivity index (χ2n) is 16.4. The molecule has 2 aromatic heterocycles. The fraction of sp³-hybridized carbons (Fsp3) is 0.362. The second kappa shape index (κ2) is 19.9. The Balaban J connectivity index is 0.000000189. The zero-order valence-electron chi connectivity index (χ0n) is 35.6. The zero-order chi connectivity index (χ0) is 44.8. The van der Waals surface area contributed by atoms with Crippen molar-refractivity contribution in [2.24, 2.45) is 11.8 Å². The Hall–Kier alpha value is -6.12. The van der Waals surface area contributed by atoms with E-state index >= 15 is 0 Å². The van der Waals surface area contributed by atoms with Gasteiger partial charge in [0.05, 0.1) is 34.1 Å². The van der Waals surface area contributed by atoms with Crippen LogP contribution < -0.4 is 19.7 Å². The van der Waals surface area contributed by atoms with E-state index in [1.807, 2.05) is 95.4 Å². The van der Waals surface area contributed by atoms with Crippen LogP contribution in [0.2, 0.25) is 10.0 Å². The van der Waals surface area contributed by atoms with E-state index in [0.29, 0.717) is 64.2 Å². The molecule has 2 aliphatic carbocycles. The van der Waals surface area contributed by atoms with Crippen LogP contribution in [0, 0.1) is 11.8 Å². The molecule has 0 amide bonds. The number of nitrogens with one attached hydrogen (secondary N) is 1. The Morgan fingerprint density at radius 1 is 0.667 bits per heavy atom. The Bertz CT molecular complexity index is 2510. The van der Waals surface area contributed by atoms with Gasteiger partial charge in [0.25, 0.3) is 11.8 Å². The average Bonchev–Trinajstić information content (AvgIpc) is 4.11. The first-order valence-corrected chi connectivity index (χ1v) is 21.7. The molecule has 0 saturated heterocycles. The van der Waals surface area contributed by atoms with Gasteiger partial charge in [-0.1, -0.05) is 33.5 Å². The van der Waals surface area contributed by atoms with E-state index in [1.165, 1.54) is 0 Å². The van der Waals surface area contributed by atoms with Crippen LogP contribution in [0.1, 0.15) is 66.2 Å². The maximum Gasteiger partial charge on any atom is 0.306 e. The number of anilines is 2. The molecule has 4 aromatic carbocycles. The van der Waals surface area contributed by atoms with Gasteiger partial charge in [-0.25, -0.2) is 0 Å². The molecule has 0 bridgehead atoms. The fourth-order valence-electron chi connectivity index (χ4n) is 7.76. The summed E-state index contributed by atoms with van der Waals surface area (Å²) in [6.45, 7) is 7.77. The molecular weight excluding hydrogens is 847 g/mol. The minimum atomic E-state index is -0.713. The van der Waals surface area contributed by atoms with E-state index in [1.54, 1.807) is 24.3 Å². The van der Waals surface area contributed by atoms with Crippen molar-refractivity contribution < 1.29 is 38.3 Å². The first-order valence-electron chi connectivity index (χ1n) is 21.0. The molecule has 63 heavy (non-hydrogen) atoms. The van der Waals surface area contributed by atoms with E-state index < -0.39 is 11.9 Å². The van der Waals surface area contributed by atoms with E-state index in [9.17, 15) is 14.7 Å². The summed E-state index contributed by atoms with van der Waals surface area (Å²) in [5.41, 5.74) is 5.05. The number of hydrogen-bond donors (Lipinski definition) is 3. The van der Waals surface area contributed by atoms with Gasteiger partial charge >= 0.3 is 11.9 Å². The molecule has 4 atom stereocenters. The Kier molecular flexibility index (Phi) is 14.2. The van der Waals surface area contributed by atoms with Crippen molar-refractivity contribution in [3.8, 4) is 57.2 Å². The highest BCUT2D eigenvalue weighted by molar-refractivity contribution is 6.32. The van der Waals surface area contributed by atoms with Crippen LogP contribution in [0.3, 0.4) is 0 Å². The Morgan fingerprint density at radius 2 is 1.13 bits per heavy atom. The van der Waals surface area contributed by atoms with Crippen molar-refractivity contribution in [3.63, 3.8) is 0 Å². The summed E-state index contributed by atoms with van der Waals surface area (Å²) in [6, 6.07) is 26.7. The number of aliphatic carboxylic acids is 2. The molecule has 2 heterocycles. The molecule has 0 radical (unpaired) electrons. The van der Waals surface area contributed by atoms with Crippen LogP contribution >= 0.6 is 23.2 Å². The van der Waals surface area contributed by atoms with Crippen molar-refractivity contribution in [3.05, 3.63) is 95.0 Å². The SMILES string of the molecule is CC(C)Oc1ccc(-c2noc(-c3ccc(N(C)[C@H]4CC[C@@H](C(=O)O)C4)cc3)n2)cc1Cl.CC(C)Oc1ccc(-c2noc(-c3ccc(N[C@H]4CC[C@@H](C(=O)O)C4)cc3)n2)cc1Cl. The number of hydrogen-bond acceptors (Lipinski definition) is 12. The van der Waals surface area contributed by atoms with Crippen LogP contribution in [-0.4, -0.2) is 73.8 Å². The van der Waals surface area contributed by atoms with Gasteiger partial charge in [-0.3, -0.25) is 9.59 Å². The lowest BCUT2D eigenvalue weighted by molar-refractivity contribution is -0.142. The third-order valence-corrected chi connectivity index (χ3v) is 11.7. The van der Waals surface area contributed by atoms with E-state index in [4.69, 9.17) is 46.8 Å². The van der Waals surface area contributed by atoms with E-state index in [0.717, 1.165) is 52.9 Å². The van der Waals surface area contributed by atoms with Crippen LogP contribution in [0.25, 0.3) is 45.7 Å². The maximum absolute atomic E-state index is 11.2. The molecule has 0 aliphatic heterocycles. The summed E-state index contributed by atoms with van der Waals surface area (Å²) < 4.78 is 22.2. The monoisotopic (exact) mass is 896 g/mol. The molecular formula is C47H50Cl2N6O8. The summed E-state index contributed by atoms with van der Waals surface area (Å²) >= 11 is 12.6. The number of carbonyl (C=O) groups is 2. The highest BCUT2D eigenvalue weighted by Crippen LogP contribution is 2.35. The molecule has 6 aromatic rings. The molecule has 3 N–H and O–H groups in total. The number of halogens is 2. The average molecular weight is 898 g/mol. The largest absolute Gasteiger partial charge is 0.489 e. The highest BCUT2D eigenvalue weighted by atomic mass is 35.5. The van der Waals surface area contributed by atoms with Crippen molar-refractivity contribution in [1.82, 2.24) is 20.3 Å². The zero-order valence-corrected chi connectivity index (χ0v) is 37.1. The van der Waals surface area contributed by atoms with Gasteiger partial charge in [-0.05, 0) is 151 Å². The van der Waals surface area contributed by atoms with E-state index in [-0.39, 0.29) is 36.1 Å². The van der Waals surface area contributed by atoms with Crippen molar-refractivity contribution in [2.75, 3.05) is 17.3 Å². The van der Waals surface area contributed by atoms with Gasteiger partial charge in [0.1, 0.15) is 11.5 Å². The Morgan fingerprint density at radius 3 is 1.57 bits per heavy atom. The first-order chi connectivity index (χ1) is 30.2. The summed E-state index contributed by atoms with van der Waals surface area (Å²) in [6.07, 6.45) is 4.56. The molecule has 14 nitrogen and oxygen atoms in total. The first kappa shape index (κ1) is 44.9. The van der Waals surface area contributed by atoms with Crippen molar-refractivity contribution in [2.45, 2.75) is 90.5 Å². The number of carboxylic acid groups (broad SMARTS) is 2. The molecule has 0 spiro atoms. The number of aromatic nitrogens is 4. The van der Waals surface area contributed by atoms with Crippen LogP contribution in [-0.2, 0) is 9.59 Å². The summed E-state index contributed by atoms with van der Waals surface area (Å²) in [4.78, 5) is 33.5. The molecule has 0 unspecified atom stereocenters. The number of benzene rings is 4. The molecule has 2 fully saturated rings. The lowest BCUT2D eigenvalue weighted by Gasteiger charge is -2.26. The minimum Gasteiger partial charge on any atom is -0.489 e. The van der Waals surface area contributed by atoms with Crippen LogP contribution in [0.4, 0.5) is 11.4 Å². The Labute approximate surface area is 375 Å². The minimum absolute atomic E-state index is 0.0319. The molecule has 2 saturated carbocycles. The predicted octanol–water partition coefficient (Wildman–Crippen LogP) is 11.0. The van der Waals surface area contributed by atoms with Crippen molar-refractivity contribution in [1.29, 1.82) is 0 Å². The van der Waals surface area contributed by atoms with Crippen molar-refractivity contribution >= 4 is 46.5 Å². The number of ether oxygens (including phenoxy) is 2. The predicted molar refractivity (Wildman–Crippen MR) is 241 cm³/mol. The summed E-state index contributed by atoms with van der Waals surface area (Å²) in [7, 11) is 2.01. The lowest BCUT2D eigenvalue weighted by Crippen LogP contribution is -2.29. The standard InChI is InChI=1S/C24H26ClN3O4.C23H24ClN3O4/c1-14(2)31-21-11-7-16(13-20(21)25)22-26-23(32-27-22)15-4-8-18(9-5-15)28(3)19-10-6-17(12-19)24(29)30;1-13(2)30-20-10-6-15(12-19(20)24)21-26-22(31-27-21)14-3-7-17(8-4-14)25-18-9-5-16(11-18)23(28)29/h4-5,7-9,11,13-14,17,19H,6,10,12H2,1-3H3,(H,29,30);3-4,6-8,10,12-13,16,18,25H,5,9,11H2,1-2H3,(H,28,29)/t17-,19+;16-,18+/m11/s1. The fourth-order valence-corrected chi connectivity index (χ4v) is 8.21. The number of rotatable bonds is 14. The summed E-state index contributed by atoms with van der Waals surface area (Å²) in [5, 5.41) is 30.9. The van der Waals surface area contributed by atoms with Crippen LogP contribution in [0.15, 0.2) is 94.0 Å². The highest BCUT2D eigenvalue weighted by Gasteiger charge is 2.32. The molecule has 330 valence electrons. The van der Waals surface area contributed by atoms with Gasteiger partial charge < -0.3 is 38.9 Å². The molecule has 16 heteroatoms. The second-order valence-corrected chi connectivity index (χ2v) is 17.2. The molecule has 8 rings (SSSR count). The quantitative estimate of drug-likeness (QED) is 0.0937. The van der Waals surface area contributed by atoms with Gasteiger partial charge in [0.15, 0.2) is 0 Å². The smallest absolute Gasteiger partial charge is 0.306 e. The lowest BCUT2D eigenvalue weighted by atomic mass is 10.1. The van der Waals surface area contributed by atoms with Gasteiger partial charge in [-0.15, -0.1) is 0 Å².